The fourth-order valence-electron chi connectivity index (χ4n) is 4.27. The van der Waals surface area contributed by atoms with Gasteiger partial charge in [-0.2, -0.15) is 0 Å². The van der Waals surface area contributed by atoms with Gasteiger partial charge in [0.25, 0.3) is 0 Å². The van der Waals surface area contributed by atoms with Gasteiger partial charge >= 0.3 is 69.5 Å². The van der Waals surface area contributed by atoms with E-state index in [1.165, 1.54) is 74.9 Å². The first-order valence-corrected chi connectivity index (χ1v) is 22.1. The first-order chi connectivity index (χ1) is 18.7. The summed E-state index contributed by atoms with van der Waals surface area (Å²) in [6.07, 6.45) is 17.7. The Morgan fingerprint density at radius 3 is 1.10 bits per heavy atom. The fraction of sp³-hybridized carbons (Fsp3) is 0.938. The van der Waals surface area contributed by atoms with Crippen LogP contribution in [0.2, 0.25) is 8.87 Å². The Balaban J connectivity index is -0.000000516. The van der Waals surface area contributed by atoms with Gasteiger partial charge in [-0.3, -0.25) is 0 Å². The number of carbonyl (C=O) groups is 2. The molecular weight excluding hydrogens is 631 g/mol. The molecular formula is C32H64O4S2Sn. The van der Waals surface area contributed by atoms with Crippen LogP contribution in [0.25, 0.3) is 0 Å². The van der Waals surface area contributed by atoms with Gasteiger partial charge in [-0.05, 0) is 37.2 Å². The molecule has 0 bridgehead atoms. The van der Waals surface area contributed by atoms with Gasteiger partial charge in [-0.15, -0.1) is 23.5 Å². The molecule has 2 atom stereocenters. The van der Waals surface area contributed by atoms with Gasteiger partial charge in [-0.25, -0.2) is 0 Å². The molecule has 0 saturated carbocycles. The SMILES string of the molecule is CCCCCCC(CC)(SCC)C(=O)[O-].CCCCCCC(CC)(SCC)C(=O)[O-].CCC[CH2][Sn+2][CH2]CCC. The molecule has 0 aliphatic rings. The van der Waals surface area contributed by atoms with Crippen molar-refractivity contribution >= 4 is 56.6 Å². The molecule has 0 rings (SSSR count). The predicted molar refractivity (Wildman–Crippen MR) is 175 cm³/mol. The van der Waals surface area contributed by atoms with Gasteiger partial charge in [0, 0.05) is 0 Å². The van der Waals surface area contributed by atoms with Crippen LogP contribution in [-0.2, 0) is 9.59 Å². The third-order valence-electron chi connectivity index (χ3n) is 7.01. The molecule has 0 aromatic rings. The molecule has 0 aliphatic heterocycles. The second-order valence-corrected chi connectivity index (χ2v) is 17.8. The quantitative estimate of drug-likeness (QED) is 0.0747. The molecule has 0 N–H and O–H groups in total. The van der Waals surface area contributed by atoms with Crippen LogP contribution in [0.5, 0.6) is 0 Å². The van der Waals surface area contributed by atoms with Crippen molar-refractivity contribution in [3.05, 3.63) is 0 Å². The first-order valence-electron chi connectivity index (χ1n) is 16.1. The van der Waals surface area contributed by atoms with E-state index in [9.17, 15) is 19.8 Å². The van der Waals surface area contributed by atoms with E-state index in [1.807, 2.05) is 27.7 Å². The topological polar surface area (TPSA) is 80.3 Å². The van der Waals surface area contributed by atoms with Crippen molar-refractivity contribution in [1.29, 1.82) is 0 Å². The van der Waals surface area contributed by atoms with Crippen LogP contribution in [0, 0.1) is 0 Å². The van der Waals surface area contributed by atoms with Gasteiger partial charge in [-0.1, -0.05) is 92.9 Å². The van der Waals surface area contributed by atoms with Crippen molar-refractivity contribution in [1.82, 2.24) is 0 Å². The number of rotatable bonds is 24. The normalized spacial score (nSPS) is 13.5. The summed E-state index contributed by atoms with van der Waals surface area (Å²) in [6, 6.07) is 0. The van der Waals surface area contributed by atoms with Gasteiger partial charge < -0.3 is 19.8 Å². The van der Waals surface area contributed by atoms with Crippen molar-refractivity contribution in [2.45, 2.75) is 176 Å². The monoisotopic (exact) mass is 696 g/mol. The van der Waals surface area contributed by atoms with Crippen LogP contribution in [0.1, 0.15) is 158 Å². The number of hydrogen-bond donors (Lipinski definition) is 0. The van der Waals surface area contributed by atoms with E-state index in [0.717, 1.165) is 50.0 Å². The van der Waals surface area contributed by atoms with Gasteiger partial charge in [0.05, 0.1) is 21.4 Å². The predicted octanol–water partition coefficient (Wildman–Crippen LogP) is 8.34. The molecule has 0 aliphatic carbocycles. The first kappa shape index (κ1) is 43.9. The average Bonchev–Trinajstić information content (AvgIpc) is 2.92. The van der Waals surface area contributed by atoms with E-state index < -0.39 is 21.4 Å². The summed E-state index contributed by atoms with van der Waals surface area (Å²) < 4.78 is 1.98. The van der Waals surface area contributed by atoms with Crippen molar-refractivity contribution < 1.29 is 19.8 Å². The molecule has 0 amide bonds. The minimum atomic E-state index is -0.881. The maximum absolute atomic E-state index is 11.2. The molecule has 39 heavy (non-hydrogen) atoms. The molecule has 0 saturated heterocycles. The van der Waals surface area contributed by atoms with Crippen LogP contribution < -0.4 is 10.2 Å². The number of carboxylic acid groups (broad SMARTS) is 2. The van der Waals surface area contributed by atoms with E-state index >= 15 is 0 Å². The number of unbranched alkanes of at least 4 members (excludes halogenated alkanes) is 8. The average molecular weight is 696 g/mol. The van der Waals surface area contributed by atoms with Crippen LogP contribution in [0.15, 0.2) is 0 Å². The van der Waals surface area contributed by atoms with Crippen LogP contribution in [-0.4, -0.2) is 54.1 Å². The number of carbonyl (C=O) groups excluding carboxylic acids is 2. The third kappa shape index (κ3) is 23.7. The van der Waals surface area contributed by atoms with Crippen molar-refractivity contribution in [3.63, 3.8) is 0 Å². The fourth-order valence-corrected chi connectivity index (χ4v) is 10.8. The van der Waals surface area contributed by atoms with Gasteiger partial charge in [0.2, 0.25) is 0 Å². The van der Waals surface area contributed by atoms with Crippen LogP contribution in [0.4, 0.5) is 0 Å². The minimum absolute atomic E-state index is 0.149. The Kier molecular flexibility index (Phi) is 35.3. The molecule has 232 valence electrons. The zero-order chi connectivity index (χ0) is 30.4. The molecule has 0 heterocycles. The Morgan fingerprint density at radius 2 is 0.872 bits per heavy atom. The van der Waals surface area contributed by atoms with E-state index in [1.54, 1.807) is 8.87 Å². The van der Waals surface area contributed by atoms with Gasteiger partial charge in [0.1, 0.15) is 0 Å². The zero-order valence-corrected chi connectivity index (χ0v) is 31.6. The Hall–Kier alpha value is 0.439. The summed E-state index contributed by atoms with van der Waals surface area (Å²) in [5.74, 6) is -0.0766. The van der Waals surface area contributed by atoms with E-state index in [-0.39, 0.29) is 21.1 Å². The summed E-state index contributed by atoms with van der Waals surface area (Å²) in [5.41, 5.74) is 0. The van der Waals surface area contributed by atoms with Crippen LogP contribution in [0.3, 0.4) is 0 Å². The molecule has 7 heteroatoms. The van der Waals surface area contributed by atoms with E-state index in [4.69, 9.17) is 0 Å². The van der Waals surface area contributed by atoms with Crippen molar-refractivity contribution in [3.8, 4) is 0 Å². The summed E-state index contributed by atoms with van der Waals surface area (Å²) in [7, 11) is 0. The second kappa shape index (κ2) is 31.4. The summed E-state index contributed by atoms with van der Waals surface area (Å²) in [4.78, 5) is 22.3. The Morgan fingerprint density at radius 1 is 0.538 bits per heavy atom. The molecule has 0 radical (unpaired) electrons. The number of hydrogen-bond acceptors (Lipinski definition) is 6. The molecule has 0 aromatic carbocycles. The summed E-state index contributed by atoms with van der Waals surface area (Å²) >= 11 is 3.21. The summed E-state index contributed by atoms with van der Waals surface area (Å²) in [5, 5.41) is 22.3. The van der Waals surface area contributed by atoms with Crippen molar-refractivity contribution in [2.75, 3.05) is 11.5 Å². The Labute approximate surface area is 263 Å². The molecule has 0 fully saturated rings. The molecule has 0 aromatic heterocycles. The molecule has 0 spiro atoms. The Bertz CT molecular complexity index is 504. The molecule has 2 unspecified atom stereocenters. The molecule has 4 nitrogen and oxygen atoms in total. The zero-order valence-electron chi connectivity index (χ0n) is 27.1. The van der Waals surface area contributed by atoms with Gasteiger partial charge in [0.15, 0.2) is 0 Å². The van der Waals surface area contributed by atoms with Crippen molar-refractivity contribution in [2.24, 2.45) is 0 Å². The van der Waals surface area contributed by atoms with Crippen LogP contribution >= 0.6 is 23.5 Å². The van der Waals surface area contributed by atoms with E-state index in [0.29, 0.717) is 12.8 Å². The summed E-state index contributed by atoms with van der Waals surface area (Å²) in [6.45, 7) is 16.8. The number of thioether (sulfide) groups is 2. The third-order valence-corrected chi connectivity index (χ3v) is 14.0. The number of aliphatic carboxylic acids is 2. The number of carboxylic acids is 2. The standard InChI is InChI=1S/2C12H24O2S.2C4H9.Sn/c2*1-4-7-8-9-10-12(5-2,11(13)14)15-6-3;2*1-3-4-2;/h2*4-10H2,1-3H3,(H,13,14);2*1,3-4H2,2H3;/q;;;;+2/p-2. The van der Waals surface area contributed by atoms with E-state index in [2.05, 4.69) is 27.7 Å². The maximum atomic E-state index is 11.2. The second-order valence-electron chi connectivity index (χ2n) is 10.2.